The fourth-order valence-corrected chi connectivity index (χ4v) is 6.02. The second kappa shape index (κ2) is 11.3. The Labute approximate surface area is 229 Å². The zero-order valence-electron chi connectivity index (χ0n) is 20.9. The van der Waals surface area contributed by atoms with Gasteiger partial charge in [0.25, 0.3) is 5.56 Å². The molecule has 1 aliphatic carbocycles. The van der Waals surface area contributed by atoms with Crippen LogP contribution in [0.15, 0.2) is 59.7 Å². The molecular weight excluding hydrogens is 590 g/mol. The summed E-state index contributed by atoms with van der Waals surface area (Å²) in [5.74, 6) is -2.65. The van der Waals surface area contributed by atoms with Crippen LogP contribution in [0.4, 0.5) is 14.7 Å². The predicted octanol–water partition coefficient (Wildman–Crippen LogP) is 3.55. The van der Waals surface area contributed by atoms with Gasteiger partial charge in [-0.05, 0) is 60.9 Å². The minimum absolute atomic E-state index is 0.0126. The molecule has 1 aliphatic rings. The summed E-state index contributed by atoms with van der Waals surface area (Å²) in [6.45, 7) is -0.739. The number of phosphoric acid groups is 2. The molecule has 14 nitrogen and oxygen atoms in total. The van der Waals surface area contributed by atoms with Gasteiger partial charge in [-0.25, -0.2) is 22.9 Å². The van der Waals surface area contributed by atoms with Gasteiger partial charge in [0.2, 0.25) is 5.95 Å². The lowest BCUT2D eigenvalue weighted by molar-refractivity contribution is -0.00444. The number of anilines is 1. The quantitative estimate of drug-likeness (QED) is 0.180. The fourth-order valence-electron chi connectivity index (χ4n) is 4.40. The Hall–Kier alpha value is -3.65. The Kier molecular flexibility index (Phi) is 7.97. The van der Waals surface area contributed by atoms with Crippen LogP contribution in [-0.4, -0.2) is 42.5 Å². The van der Waals surface area contributed by atoms with Gasteiger partial charge in [-0.2, -0.15) is 4.98 Å². The Morgan fingerprint density at radius 3 is 2.05 bits per heavy atom. The summed E-state index contributed by atoms with van der Waals surface area (Å²) >= 11 is 0. The molecule has 18 heteroatoms. The molecule has 2 heterocycles. The number of nitrogens with two attached hydrogens (primary N) is 1. The van der Waals surface area contributed by atoms with E-state index >= 15 is 0 Å². The van der Waals surface area contributed by atoms with Gasteiger partial charge in [0.15, 0.2) is 11.2 Å². The van der Waals surface area contributed by atoms with Crippen molar-refractivity contribution in [3.63, 3.8) is 0 Å². The summed E-state index contributed by atoms with van der Waals surface area (Å²) < 4.78 is 73.3. The molecular formula is C23H23F2N5O9P2. The molecule has 2 aromatic carbocycles. The van der Waals surface area contributed by atoms with Crippen molar-refractivity contribution in [3.05, 3.63) is 76.8 Å². The Morgan fingerprint density at radius 2 is 1.49 bits per heavy atom. The molecule has 5 rings (SSSR count). The van der Waals surface area contributed by atoms with Crippen LogP contribution in [0, 0.1) is 23.5 Å². The van der Waals surface area contributed by atoms with E-state index in [4.69, 9.17) is 23.8 Å². The van der Waals surface area contributed by atoms with Crippen molar-refractivity contribution in [3.8, 4) is 11.5 Å². The molecule has 218 valence electrons. The smallest absolute Gasteiger partial charge is 0.404 e. The van der Waals surface area contributed by atoms with E-state index in [9.17, 15) is 32.5 Å². The number of aromatic amines is 1. The highest BCUT2D eigenvalue weighted by Gasteiger charge is 2.46. The third-order valence-corrected chi connectivity index (χ3v) is 8.24. The average Bonchev–Trinajstić information content (AvgIpc) is 3.29. The Morgan fingerprint density at radius 1 is 0.951 bits per heavy atom. The monoisotopic (exact) mass is 613 g/mol. The lowest BCUT2D eigenvalue weighted by Gasteiger charge is -2.45. The van der Waals surface area contributed by atoms with Crippen LogP contribution in [0.2, 0.25) is 0 Å². The van der Waals surface area contributed by atoms with E-state index in [1.165, 1.54) is 6.33 Å². The number of aromatic nitrogens is 4. The minimum atomic E-state index is -4.70. The molecule has 0 saturated heterocycles. The van der Waals surface area contributed by atoms with Crippen LogP contribution in [0.3, 0.4) is 0 Å². The third-order valence-electron chi connectivity index (χ3n) is 6.40. The molecule has 0 bridgehead atoms. The molecule has 5 unspecified atom stereocenters. The fraction of sp³-hybridized carbons (Fsp3) is 0.261. The number of fused-ring (bicyclic) bond motifs is 1. The van der Waals surface area contributed by atoms with Crippen molar-refractivity contribution in [2.24, 2.45) is 11.8 Å². The molecule has 4 aromatic rings. The summed E-state index contributed by atoms with van der Waals surface area (Å²) in [5, 5.41) is 0. The summed E-state index contributed by atoms with van der Waals surface area (Å²) in [6, 6.07) is 8.26. The maximum atomic E-state index is 13.2. The molecule has 0 spiro atoms. The van der Waals surface area contributed by atoms with Crippen LogP contribution in [0.1, 0.15) is 12.5 Å². The topological polar surface area (TPSA) is 201 Å². The van der Waals surface area contributed by atoms with E-state index in [0.717, 1.165) is 48.5 Å². The number of phosphoric ester groups is 2. The number of rotatable bonds is 11. The minimum Gasteiger partial charge on any atom is -0.404 e. The number of halogens is 2. The number of hydrogen-bond donors (Lipinski definition) is 4. The highest BCUT2D eigenvalue weighted by atomic mass is 31.2. The molecule has 5 atom stereocenters. The largest absolute Gasteiger partial charge is 0.527 e. The molecule has 1 saturated carbocycles. The number of benzene rings is 2. The van der Waals surface area contributed by atoms with Crippen LogP contribution >= 0.6 is 15.6 Å². The first-order valence-electron chi connectivity index (χ1n) is 12.0. The molecule has 0 aliphatic heterocycles. The summed E-state index contributed by atoms with van der Waals surface area (Å²) in [5.41, 5.74) is 5.29. The molecule has 0 radical (unpaired) electrons. The maximum absolute atomic E-state index is 13.2. The van der Waals surface area contributed by atoms with Crippen LogP contribution in [-0.2, 0) is 18.2 Å². The van der Waals surface area contributed by atoms with Crippen molar-refractivity contribution in [1.82, 2.24) is 19.5 Å². The molecule has 1 fully saturated rings. The van der Waals surface area contributed by atoms with Gasteiger partial charge in [0.1, 0.15) is 23.1 Å². The summed E-state index contributed by atoms with van der Waals surface area (Å²) in [6.07, 6.45) is 1.64. The highest BCUT2D eigenvalue weighted by Crippen LogP contribution is 2.52. The van der Waals surface area contributed by atoms with Crippen molar-refractivity contribution >= 4 is 32.8 Å². The zero-order valence-corrected chi connectivity index (χ0v) is 22.7. The van der Waals surface area contributed by atoms with E-state index < -0.39 is 57.3 Å². The van der Waals surface area contributed by atoms with Crippen molar-refractivity contribution in [1.29, 1.82) is 0 Å². The van der Waals surface area contributed by atoms with Gasteiger partial charge in [-0.3, -0.25) is 28.6 Å². The standard InChI is InChI=1S/C23H23F2N5O9P2/c24-14-1-5-16(6-2-14)38-40(32,33)36-10-13-9-19(30-12-27-20-21(30)28-23(26)29-22(20)31)18(13)11-37-41(34,35)39-17-7-3-15(25)4-8-17/h1-8,12-13,18-19H,9-11H2,(H,32,33)(H,34,35)(H3,26,28,29,31). The van der Waals surface area contributed by atoms with Crippen molar-refractivity contribution < 1.29 is 45.8 Å². The number of nitrogen functional groups attached to an aromatic ring is 1. The van der Waals surface area contributed by atoms with E-state index in [1.54, 1.807) is 4.57 Å². The number of imidazole rings is 1. The summed E-state index contributed by atoms with van der Waals surface area (Å²) in [4.78, 5) is 43.2. The number of nitrogens with zero attached hydrogens (tertiary/aromatic N) is 3. The second-order valence-electron chi connectivity index (χ2n) is 9.12. The lowest BCUT2D eigenvalue weighted by atomic mass is 9.70. The highest BCUT2D eigenvalue weighted by molar-refractivity contribution is 7.48. The van der Waals surface area contributed by atoms with E-state index in [0.29, 0.717) is 6.42 Å². The number of nitrogens with one attached hydrogen (secondary N) is 1. The van der Waals surface area contributed by atoms with Crippen LogP contribution in [0.25, 0.3) is 11.2 Å². The number of H-pyrrole nitrogens is 1. The van der Waals surface area contributed by atoms with Gasteiger partial charge >= 0.3 is 15.6 Å². The molecule has 5 N–H and O–H groups in total. The molecule has 2 aromatic heterocycles. The third kappa shape index (κ3) is 6.81. The predicted molar refractivity (Wildman–Crippen MR) is 139 cm³/mol. The van der Waals surface area contributed by atoms with E-state index in [2.05, 4.69) is 15.0 Å². The van der Waals surface area contributed by atoms with Gasteiger partial charge in [-0.15, -0.1) is 0 Å². The number of hydrogen-bond acceptors (Lipinski definition) is 10. The lowest BCUT2D eigenvalue weighted by Crippen LogP contribution is -2.43. The van der Waals surface area contributed by atoms with Gasteiger partial charge in [0.05, 0.1) is 19.5 Å². The van der Waals surface area contributed by atoms with Crippen molar-refractivity contribution in [2.45, 2.75) is 12.5 Å². The molecule has 41 heavy (non-hydrogen) atoms. The first-order valence-corrected chi connectivity index (χ1v) is 15.0. The summed E-state index contributed by atoms with van der Waals surface area (Å²) in [7, 11) is -9.33. The average molecular weight is 613 g/mol. The second-order valence-corrected chi connectivity index (χ2v) is 11.9. The maximum Gasteiger partial charge on any atom is 0.527 e. The Bertz CT molecular complexity index is 1700. The normalized spacial score (nSPS) is 21.5. The van der Waals surface area contributed by atoms with Gasteiger partial charge < -0.3 is 19.3 Å². The Balaban J connectivity index is 1.32. The van der Waals surface area contributed by atoms with Crippen molar-refractivity contribution in [2.75, 3.05) is 18.9 Å². The first-order chi connectivity index (χ1) is 19.4. The zero-order chi connectivity index (χ0) is 29.4. The SMILES string of the molecule is Nc1nc2c(ncn2C2CC(COP(=O)(O)Oc3ccc(F)cc3)C2COP(=O)(O)Oc2ccc(F)cc2)c(=O)[nH]1. The van der Waals surface area contributed by atoms with Gasteiger partial charge in [-0.1, -0.05) is 0 Å². The van der Waals surface area contributed by atoms with E-state index in [-0.39, 0.29) is 35.2 Å². The van der Waals surface area contributed by atoms with Gasteiger partial charge in [0, 0.05) is 12.0 Å². The van der Waals surface area contributed by atoms with Crippen LogP contribution in [0.5, 0.6) is 11.5 Å². The first kappa shape index (κ1) is 28.9. The van der Waals surface area contributed by atoms with E-state index in [1.807, 2.05) is 0 Å². The van der Waals surface area contributed by atoms with Crippen LogP contribution < -0.4 is 20.3 Å². The molecule has 0 amide bonds.